The summed E-state index contributed by atoms with van der Waals surface area (Å²) < 4.78 is 5.53. The molecule has 0 aliphatic heterocycles. The first-order chi connectivity index (χ1) is 14.1. The van der Waals surface area contributed by atoms with Crippen molar-refractivity contribution in [2.45, 2.75) is 57.8 Å². The van der Waals surface area contributed by atoms with Crippen LogP contribution in [0.15, 0.2) is 55.1 Å². The summed E-state index contributed by atoms with van der Waals surface area (Å²) in [6.07, 6.45) is 4.10. The topological polar surface area (TPSA) is 55.4 Å². The van der Waals surface area contributed by atoms with Crippen LogP contribution in [-0.2, 0) is 26.8 Å². The Labute approximate surface area is 179 Å². The Morgan fingerprint density at radius 2 is 1.63 bits per heavy atom. The lowest BCUT2D eigenvalue weighted by molar-refractivity contribution is -0.111. The molecule has 158 valence electrons. The van der Waals surface area contributed by atoms with Gasteiger partial charge in [-0.1, -0.05) is 52.5 Å². The summed E-state index contributed by atoms with van der Waals surface area (Å²) in [7, 11) is 0. The molecule has 0 saturated carbocycles. The molecule has 0 spiro atoms. The molecule has 0 bridgehead atoms. The molecule has 2 aromatic rings. The van der Waals surface area contributed by atoms with E-state index in [9.17, 15) is 9.59 Å². The second kappa shape index (κ2) is 8.47. The number of amides is 1. The Bertz CT molecular complexity index is 955. The molecule has 1 amide bonds. The molecule has 30 heavy (non-hydrogen) atoms. The average molecular weight is 406 g/mol. The van der Waals surface area contributed by atoms with Gasteiger partial charge in [-0.2, -0.15) is 0 Å². The van der Waals surface area contributed by atoms with Gasteiger partial charge >= 0.3 is 5.97 Å². The minimum absolute atomic E-state index is 0.0594. The lowest BCUT2D eigenvalue weighted by Crippen LogP contribution is -2.34. The summed E-state index contributed by atoms with van der Waals surface area (Å²) in [5.41, 5.74) is 5.13. The molecule has 0 unspecified atom stereocenters. The molecule has 3 rings (SSSR count). The van der Waals surface area contributed by atoms with E-state index in [0.717, 1.165) is 18.4 Å². The van der Waals surface area contributed by atoms with Crippen LogP contribution in [0.2, 0.25) is 0 Å². The second-order valence-electron chi connectivity index (χ2n) is 9.30. The van der Waals surface area contributed by atoms with Crippen molar-refractivity contribution in [3.05, 3.63) is 77.4 Å². The molecular formula is C26H31NO3. The summed E-state index contributed by atoms with van der Waals surface area (Å²) in [6, 6.07) is 13.5. The van der Waals surface area contributed by atoms with E-state index >= 15 is 0 Å². The summed E-state index contributed by atoms with van der Waals surface area (Å²) >= 11 is 0. The second-order valence-corrected chi connectivity index (χ2v) is 9.30. The Hall–Kier alpha value is -2.88. The van der Waals surface area contributed by atoms with Gasteiger partial charge in [0, 0.05) is 12.1 Å². The molecule has 0 aromatic heterocycles. The van der Waals surface area contributed by atoms with Gasteiger partial charge in [0.05, 0.1) is 12.2 Å². The highest BCUT2D eigenvalue weighted by Crippen LogP contribution is 2.45. The summed E-state index contributed by atoms with van der Waals surface area (Å²) in [6.45, 7) is 12.8. The number of hydrogen-bond donors (Lipinski definition) is 1. The summed E-state index contributed by atoms with van der Waals surface area (Å²) in [5, 5.41) is 2.71. The Kier molecular flexibility index (Phi) is 6.16. The van der Waals surface area contributed by atoms with E-state index in [0.29, 0.717) is 24.3 Å². The standard InChI is InChI=1S/C26H31NO3/c1-6-23(28)27-20-10-7-18(8-11-20)13-16-30-24(29)19-9-12-21-22(17-19)26(4,5)15-14-25(21,2)3/h6-12,17H,1,13-16H2,2-5H3,(H,27,28). The maximum absolute atomic E-state index is 12.6. The number of nitrogens with one attached hydrogen (secondary N) is 1. The number of carbonyl (C=O) groups is 2. The Morgan fingerprint density at radius 1 is 1.00 bits per heavy atom. The summed E-state index contributed by atoms with van der Waals surface area (Å²) in [4.78, 5) is 23.9. The van der Waals surface area contributed by atoms with Gasteiger partial charge < -0.3 is 10.1 Å². The van der Waals surface area contributed by atoms with E-state index in [1.165, 1.54) is 17.2 Å². The van der Waals surface area contributed by atoms with Crippen molar-refractivity contribution in [3.8, 4) is 0 Å². The number of rotatable bonds is 6. The minimum atomic E-state index is -0.285. The molecule has 4 heteroatoms. The van der Waals surface area contributed by atoms with Crippen LogP contribution in [0.5, 0.6) is 0 Å². The third kappa shape index (κ3) is 4.81. The third-order valence-corrected chi connectivity index (χ3v) is 6.12. The molecule has 2 aromatic carbocycles. The highest BCUT2D eigenvalue weighted by atomic mass is 16.5. The van der Waals surface area contributed by atoms with Crippen LogP contribution < -0.4 is 5.32 Å². The highest BCUT2D eigenvalue weighted by molar-refractivity contribution is 5.98. The fourth-order valence-corrected chi connectivity index (χ4v) is 4.01. The van der Waals surface area contributed by atoms with Crippen LogP contribution in [0.4, 0.5) is 5.69 Å². The van der Waals surface area contributed by atoms with Gasteiger partial charge in [-0.25, -0.2) is 4.79 Å². The fraction of sp³-hybridized carbons (Fsp3) is 0.385. The van der Waals surface area contributed by atoms with E-state index in [1.807, 2.05) is 36.4 Å². The zero-order valence-corrected chi connectivity index (χ0v) is 18.4. The van der Waals surface area contributed by atoms with Crippen LogP contribution in [0.1, 0.15) is 67.6 Å². The molecular weight excluding hydrogens is 374 g/mol. The number of carbonyl (C=O) groups excluding carboxylic acids is 2. The Morgan fingerprint density at radius 3 is 2.27 bits per heavy atom. The van der Waals surface area contributed by atoms with Crippen molar-refractivity contribution in [2.24, 2.45) is 0 Å². The zero-order valence-electron chi connectivity index (χ0n) is 18.4. The van der Waals surface area contributed by atoms with Crippen LogP contribution in [0, 0.1) is 0 Å². The van der Waals surface area contributed by atoms with Crippen molar-refractivity contribution < 1.29 is 14.3 Å². The first kappa shape index (κ1) is 21.8. The lowest BCUT2D eigenvalue weighted by atomic mass is 9.63. The molecule has 4 nitrogen and oxygen atoms in total. The van der Waals surface area contributed by atoms with Gasteiger partial charge in [0.2, 0.25) is 5.91 Å². The first-order valence-corrected chi connectivity index (χ1v) is 10.5. The SMILES string of the molecule is C=CC(=O)Nc1ccc(CCOC(=O)c2ccc3c(c2)C(C)(C)CCC3(C)C)cc1. The lowest BCUT2D eigenvalue weighted by Gasteiger charge is -2.41. The van der Waals surface area contributed by atoms with Crippen molar-refractivity contribution in [1.82, 2.24) is 0 Å². The number of ether oxygens (including phenoxy) is 1. The van der Waals surface area contributed by atoms with Crippen LogP contribution in [0.25, 0.3) is 0 Å². The van der Waals surface area contributed by atoms with Crippen LogP contribution >= 0.6 is 0 Å². The molecule has 0 atom stereocenters. The molecule has 0 heterocycles. The molecule has 1 N–H and O–H groups in total. The van der Waals surface area contributed by atoms with Gasteiger partial charge in [-0.15, -0.1) is 0 Å². The Balaban J connectivity index is 1.62. The van der Waals surface area contributed by atoms with Crippen molar-refractivity contribution >= 4 is 17.6 Å². The minimum Gasteiger partial charge on any atom is -0.462 e. The fourth-order valence-electron chi connectivity index (χ4n) is 4.01. The first-order valence-electron chi connectivity index (χ1n) is 10.5. The van der Waals surface area contributed by atoms with Gasteiger partial charge in [0.1, 0.15) is 0 Å². The normalized spacial score (nSPS) is 16.3. The van der Waals surface area contributed by atoms with E-state index in [1.54, 1.807) is 0 Å². The molecule has 1 aliphatic rings. The molecule has 0 radical (unpaired) electrons. The van der Waals surface area contributed by atoms with E-state index < -0.39 is 0 Å². The molecule has 0 saturated heterocycles. The monoisotopic (exact) mass is 405 g/mol. The maximum Gasteiger partial charge on any atom is 0.338 e. The number of benzene rings is 2. The van der Waals surface area contributed by atoms with E-state index in [4.69, 9.17) is 4.74 Å². The molecule has 0 fully saturated rings. The van der Waals surface area contributed by atoms with Crippen molar-refractivity contribution in [2.75, 3.05) is 11.9 Å². The van der Waals surface area contributed by atoms with Crippen molar-refractivity contribution in [3.63, 3.8) is 0 Å². The quantitative estimate of drug-likeness (QED) is 0.506. The zero-order chi connectivity index (χ0) is 21.9. The number of esters is 1. The third-order valence-electron chi connectivity index (χ3n) is 6.12. The number of hydrogen-bond acceptors (Lipinski definition) is 3. The van der Waals surface area contributed by atoms with Gasteiger partial charge in [-0.3, -0.25) is 4.79 Å². The van der Waals surface area contributed by atoms with Gasteiger partial charge in [-0.05, 0) is 70.7 Å². The van der Waals surface area contributed by atoms with Gasteiger partial charge in [0.25, 0.3) is 0 Å². The van der Waals surface area contributed by atoms with E-state index in [2.05, 4.69) is 45.7 Å². The summed E-state index contributed by atoms with van der Waals surface area (Å²) in [5.74, 6) is -0.528. The maximum atomic E-state index is 12.6. The highest BCUT2D eigenvalue weighted by Gasteiger charge is 2.37. The average Bonchev–Trinajstić information content (AvgIpc) is 2.72. The predicted molar refractivity (Wildman–Crippen MR) is 121 cm³/mol. The predicted octanol–water partition coefficient (Wildman–Crippen LogP) is 5.56. The largest absolute Gasteiger partial charge is 0.462 e. The van der Waals surface area contributed by atoms with Gasteiger partial charge in [0.15, 0.2) is 0 Å². The van der Waals surface area contributed by atoms with E-state index in [-0.39, 0.29) is 22.7 Å². The number of fused-ring (bicyclic) bond motifs is 1. The van der Waals surface area contributed by atoms with Crippen molar-refractivity contribution in [1.29, 1.82) is 0 Å². The van der Waals surface area contributed by atoms with Crippen LogP contribution in [0.3, 0.4) is 0 Å². The van der Waals surface area contributed by atoms with Crippen LogP contribution in [-0.4, -0.2) is 18.5 Å². The molecule has 1 aliphatic carbocycles. The smallest absolute Gasteiger partial charge is 0.338 e. The number of anilines is 1.